The summed E-state index contributed by atoms with van der Waals surface area (Å²) in [6.45, 7) is 4.26. The maximum absolute atomic E-state index is 12.6. The SMILES string of the molecule is CCCC(C(=O)c1ccc(N)cc1)N1CCCC1. The van der Waals surface area contributed by atoms with Gasteiger partial charge in [-0.25, -0.2) is 0 Å². The van der Waals surface area contributed by atoms with Crippen LogP contribution in [0.5, 0.6) is 0 Å². The lowest BCUT2D eigenvalue weighted by Crippen LogP contribution is -2.39. The van der Waals surface area contributed by atoms with E-state index in [9.17, 15) is 4.79 Å². The first kappa shape index (κ1) is 13.1. The van der Waals surface area contributed by atoms with Crippen LogP contribution >= 0.6 is 0 Å². The third kappa shape index (κ3) is 2.91. The predicted molar refractivity (Wildman–Crippen MR) is 74.7 cm³/mol. The lowest BCUT2D eigenvalue weighted by atomic mass is 9.99. The van der Waals surface area contributed by atoms with Gasteiger partial charge in [0.15, 0.2) is 5.78 Å². The monoisotopic (exact) mass is 246 g/mol. The summed E-state index contributed by atoms with van der Waals surface area (Å²) in [5.41, 5.74) is 7.16. The van der Waals surface area contributed by atoms with Crippen LogP contribution in [0.4, 0.5) is 5.69 Å². The summed E-state index contributed by atoms with van der Waals surface area (Å²) in [6, 6.07) is 7.36. The Balaban J connectivity index is 2.14. The topological polar surface area (TPSA) is 46.3 Å². The fourth-order valence-electron chi connectivity index (χ4n) is 2.65. The van der Waals surface area contributed by atoms with Crippen LogP contribution < -0.4 is 5.73 Å². The maximum Gasteiger partial charge on any atom is 0.179 e. The molecule has 0 aliphatic carbocycles. The summed E-state index contributed by atoms with van der Waals surface area (Å²) < 4.78 is 0. The number of hydrogen-bond acceptors (Lipinski definition) is 3. The number of carbonyl (C=O) groups is 1. The van der Waals surface area contributed by atoms with Crippen LogP contribution in [-0.4, -0.2) is 29.8 Å². The highest BCUT2D eigenvalue weighted by Gasteiger charge is 2.27. The van der Waals surface area contributed by atoms with E-state index in [0.29, 0.717) is 5.69 Å². The van der Waals surface area contributed by atoms with Crippen LogP contribution in [0, 0.1) is 0 Å². The van der Waals surface area contributed by atoms with Gasteiger partial charge in [0.1, 0.15) is 0 Å². The molecule has 1 aliphatic rings. The molecule has 2 N–H and O–H groups in total. The molecule has 0 bridgehead atoms. The van der Waals surface area contributed by atoms with Crippen LogP contribution in [0.1, 0.15) is 43.0 Å². The summed E-state index contributed by atoms with van der Waals surface area (Å²) in [7, 11) is 0. The molecule has 1 unspecified atom stereocenters. The molecule has 1 saturated heterocycles. The molecule has 18 heavy (non-hydrogen) atoms. The van der Waals surface area contributed by atoms with Crippen molar-refractivity contribution in [2.45, 2.75) is 38.6 Å². The number of benzene rings is 1. The summed E-state index contributed by atoms with van der Waals surface area (Å²) >= 11 is 0. The number of rotatable bonds is 5. The second-order valence-corrected chi connectivity index (χ2v) is 5.03. The van der Waals surface area contributed by atoms with Gasteiger partial charge in [-0.05, 0) is 56.6 Å². The molecule has 1 atom stereocenters. The summed E-state index contributed by atoms with van der Waals surface area (Å²) in [5.74, 6) is 0.249. The van der Waals surface area contributed by atoms with Gasteiger partial charge in [-0.15, -0.1) is 0 Å². The van der Waals surface area contributed by atoms with E-state index in [1.54, 1.807) is 12.1 Å². The van der Waals surface area contributed by atoms with Crippen molar-refractivity contribution in [2.75, 3.05) is 18.8 Å². The largest absolute Gasteiger partial charge is 0.399 e. The van der Waals surface area contributed by atoms with Crippen LogP contribution in [0.2, 0.25) is 0 Å². The average Bonchev–Trinajstić information content (AvgIpc) is 2.90. The molecular weight excluding hydrogens is 224 g/mol. The van der Waals surface area contributed by atoms with E-state index in [0.717, 1.165) is 31.5 Å². The van der Waals surface area contributed by atoms with E-state index in [2.05, 4.69) is 11.8 Å². The van der Waals surface area contributed by atoms with Gasteiger partial charge in [0.05, 0.1) is 6.04 Å². The number of nitrogen functional groups attached to an aromatic ring is 1. The molecule has 0 aromatic heterocycles. The van der Waals surface area contributed by atoms with Crippen molar-refractivity contribution in [3.8, 4) is 0 Å². The van der Waals surface area contributed by atoms with Gasteiger partial charge in [-0.2, -0.15) is 0 Å². The van der Waals surface area contributed by atoms with Crippen molar-refractivity contribution in [3.63, 3.8) is 0 Å². The van der Waals surface area contributed by atoms with Gasteiger partial charge < -0.3 is 5.73 Å². The third-order valence-electron chi connectivity index (χ3n) is 3.64. The van der Waals surface area contributed by atoms with Crippen molar-refractivity contribution in [1.29, 1.82) is 0 Å². The molecule has 1 aromatic rings. The van der Waals surface area contributed by atoms with Gasteiger partial charge in [0.2, 0.25) is 0 Å². The van der Waals surface area contributed by atoms with Crippen LogP contribution in [0.15, 0.2) is 24.3 Å². The van der Waals surface area contributed by atoms with Crippen molar-refractivity contribution in [3.05, 3.63) is 29.8 Å². The van der Waals surface area contributed by atoms with E-state index in [4.69, 9.17) is 5.73 Å². The van der Waals surface area contributed by atoms with Crippen molar-refractivity contribution in [2.24, 2.45) is 0 Å². The summed E-state index contributed by atoms with van der Waals surface area (Å²) in [4.78, 5) is 14.9. The molecule has 3 nitrogen and oxygen atoms in total. The highest BCUT2D eigenvalue weighted by atomic mass is 16.1. The Morgan fingerprint density at radius 2 is 1.89 bits per heavy atom. The molecule has 0 radical (unpaired) electrons. The number of ketones is 1. The zero-order chi connectivity index (χ0) is 13.0. The number of likely N-dealkylation sites (tertiary alicyclic amines) is 1. The first-order chi connectivity index (χ1) is 8.72. The van der Waals surface area contributed by atoms with Crippen LogP contribution in [0.25, 0.3) is 0 Å². The fraction of sp³-hybridized carbons (Fsp3) is 0.533. The van der Waals surface area contributed by atoms with Gasteiger partial charge >= 0.3 is 0 Å². The minimum atomic E-state index is 0.0566. The Hall–Kier alpha value is -1.35. The molecule has 0 amide bonds. The Bertz CT molecular complexity index is 393. The van der Waals surface area contributed by atoms with E-state index >= 15 is 0 Å². The Morgan fingerprint density at radius 1 is 1.28 bits per heavy atom. The maximum atomic E-state index is 12.6. The normalized spacial score (nSPS) is 17.8. The second kappa shape index (κ2) is 6.01. The number of nitrogens with zero attached hydrogens (tertiary/aromatic N) is 1. The molecule has 1 aliphatic heterocycles. The van der Waals surface area contributed by atoms with Gasteiger partial charge in [-0.1, -0.05) is 13.3 Å². The zero-order valence-corrected chi connectivity index (χ0v) is 11.1. The van der Waals surface area contributed by atoms with Gasteiger partial charge in [-0.3, -0.25) is 9.69 Å². The first-order valence-corrected chi connectivity index (χ1v) is 6.86. The lowest BCUT2D eigenvalue weighted by Gasteiger charge is -2.26. The lowest BCUT2D eigenvalue weighted by molar-refractivity contribution is 0.0837. The van der Waals surface area contributed by atoms with Gasteiger partial charge in [0, 0.05) is 11.3 Å². The van der Waals surface area contributed by atoms with Crippen LogP contribution in [-0.2, 0) is 0 Å². The Morgan fingerprint density at radius 3 is 2.44 bits per heavy atom. The predicted octanol–water partition coefficient (Wildman–Crippen LogP) is 2.72. The summed E-state index contributed by atoms with van der Waals surface area (Å²) in [5, 5.41) is 0. The molecule has 0 spiro atoms. The summed E-state index contributed by atoms with van der Waals surface area (Å²) in [6.07, 6.45) is 4.43. The highest BCUT2D eigenvalue weighted by Crippen LogP contribution is 2.20. The van der Waals surface area contributed by atoms with Crippen molar-refractivity contribution < 1.29 is 4.79 Å². The van der Waals surface area contributed by atoms with E-state index < -0.39 is 0 Å². The molecule has 3 heteroatoms. The molecule has 0 saturated carbocycles. The Labute approximate surface area is 109 Å². The Kier molecular flexibility index (Phi) is 4.37. The zero-order valence-electron chi connectivity index (χ0n) is 11.1. The third-order valence-corrected chi connectivity index (χ3v) is 3.64. The minimum absolute atomic E-state index is 0.0566. The number of Topliss-reactive ketones (excluding diaryl/α,β-unsaturated/α-hetero) is 1. The second-order valence-electron chi connectivity index (χ2n) is 5.03. The number of hydrogen-bond donors (Lipinski definition) is 1. The standard InChI is InChI=1S/C15H22N2O/c1-2-5-14(17-10-3-4-11-17)15(18)12-6-8-13(16)9-7-12/h6-9,14H,2-5,10-11,16H2,1H3. The van der Waals surface area contributed by atoms with Crippen molar-refractivity contribution in [1.82, 2.24) is 4.90 Å². The molecule has 98 valence electrons. The molecule has 1 fully saturated rings. The highest BCUT2D eigenvalue weighted by molar-refractivity contribution is 6.00. The molecular formula is C15H22N2O. The number of nitrogens with two attached hydrogens (primary N) is 1. The molecule has 2 rings (SSSR count). The van der Waals surface area contributed by atoms with Crippen molar-refractivity contribution >= 4 is 11.5 Å². The average molecular weight is 246 g/mol. The fourth-order valence-corrected chi connectivity index (χ4v) is 2.65. The van der Waals surface area contributed by atoms with E-state index in [1.807, 2.05) is 12.1 Å². The molecule has 1 heterocycles. The van der Waals surface area contributed by atoms with E-state index in [-0.39, 0.29) is 11.8 Å². The molecule has 1 aromatic carbocycles. The smallest absolute Gasteiger partial charge is 0.179 e. The number of carbonyl (C=O) groups excluding carboxylic acids is 1. The number of anilines is 1. The first-order valence-electron chi connectivity index (χ1n) is 6.86. The van der Waals surface area contributed by atoms with Gasteiger partial charge in [0.25, 0.3) is 0 Å². The minimum Gasteiger partial charge on any atom is -0.399 e. The van der Waals surface area contributed by atoms with E-state index in [1.165, 1.54) is 12.8 Å². The quantitative estimate of drug-likeness (QED) is 0.642. The van der Waals surface area contributed by atoms with Crippen LogP contribution in [0.3, 0.4) is 0 Å².